The van der Waals surface area contributed by atoms with E-state index in [1.165, 1.54) is 18.3 Å². The molecule has 0 unspecified atom stereocenters. The summed E-state index contributed by atoms with van der Waals surface area (Å²) >= 11 is 12.4. The molecule has 37 heavy (non-hydrogen) atoms. The highest BCUT2D eigenvalue weighted by Gasteiger charge is 2.31. The lowest BCUT2D eigenvalue weighted by Crippen LogP contribution is -2.32. The fourth-order valence-electron chi connectivity index (χ4n) is 3.88. The third-order valence-corrected chi connectivity index (χ3v) is 8.21. The van der Waals surface area contributed by atoms with E-state index in [0.29, 0.717) is 28.8 Å². The van der Waals surface area contributed by atoms with E-state index in [9.17, 15) is 36.6 Å². The first kappa shape index (κ1) is 26.8. The number of alkyl halides is 3. The molecule has 1 aromatic heterocycles. The molecule has 0 spiro atoms. The molecule has 0 aliphatic rings. The van der Waals surface area contributed by atoms with Crippen molar-refractivity contribution in [2.75, 3.05) is 0 Å². The molecule has 5 N–H and O–H groups in total. The number of aromatic hydroxyl groups is 1. The van der Waals surface area contributed by atoms with Crippen LogP contribution in [0.15, 0.2) is 64.5 Å². The van der Waals surface area contributed by atoms with Crippen LogP contribution in [0, 0.1) is 0 Å². The van der Waals surface area contributed by atoms with Gasteiger partial charge in [0.2, 0.25) is 9.84 Å². The average Bonchev–Trinajstić information content (AvgIpc) is 3.26. The molecule has 0 radical (unpaired) electrons. The highest BCUT2D eigenvalue weighted by molar-refractivity contribution is 7.91. The minimum atomic E-state index is -4.62. The number of phenolic OH excluding ortho intramolecular Hbond substituents is 1. The van der Waals surface area contributed by atoms with E-state index in [4.69, 9.17) is 28.9 Å². The predicted molar refractivity (Wildman–Crippen MR) is 132 cm³/mol. The molecule has 0 fully saturated rings. The molecule has 0 amide bonds. The molecule has 3 aromatic carbocycles. The number of phenols is 1. The van der Waals surface area contributed by atoms with Crippen molar-refractivity contribution in [3.63, 3.8) is 0 Å². The number of halogens is 5. The van der Waals surface area contributed by atoms with Gasteiger partial charge in [0.25, 0.3) is 0 Å². The summed E-state index contributed by atoms with van der Waals surface area (Å²) < 4.78 is 65.3. The van der Waals surface area contributed by atoms with Crippen molar-refractivity contribution < 1.29 is 36.6 Å². The zero-order valence-corrected chi connectivity index (χ0v) is 20.8. The van der Waals surface area contributed by atoms with Crippen LogP contribution in [0.5, 0.6) is 5.75 Å². The Morgan fingerprint density at radius 1 is 1.08 bits per heavy atom. The van der Waals surface area contributed by atoms with Crippen LogP contribution in [0.3, 0.4) is 0 Å². The van der Waals surface area contributed by atoms with Crippen molar-refractivity contribution in [2.45, 2.75) is 28.4 Å². The summed E-state index contributed by atoms with van der Waals surface area (Å²) in [6.07, 6.45) is -3.61. The highest BCUT2D eigenvalue weighted by Crippen LogP contribution is 2.44. The van der Waals surface area contributed by atoms with Gasteiger partial charge in [0, 0.05) is 22.7 Å². The third kappa shape index (κ3) is 4.99. The van der Waals surface area contributed by atoms with Crippen molar-refractivity contribution >= 4 is 49.9 Å². The molecule has 7 nitrogen and oxygen atoms in total. The monoisotopic (exact) mass is 572 g/mol. The van der Waals surface area contributed by atoms with Gasteiger partial charge in [0.15, 0.2) is 5.75 Å². The van der Waals surface area contributed by atoms with Gasteiger partial charge in [0.1, 0.15) is 6.04 Å². The fourth-order valence-corrected chi connectivity index (χ4v) is 5.91. The van der Waals surface area contributed by atoms with Crippen molar-refractivity contribution in [1.29, 1.82) is 0 Å². The zero-order chi connectivity index (χ0) is 27.3. The Balaban J connectivity index is 1.87. The highest BCUT2D eigenvalue weighted by atomic mass is 35.5. The van der Waals surface area contributed by atoms with Gasteiger partial charge in [0.05, 0.1) is 25.4 Å². The van der Waals surface area contributed by atoms with E-state index in [1.807, 2.05) is 0 Å². The molecule has 0 aliphatic heterocycles. The summed E-state index contributed by atoms with van der Waals surface area (Å²) in [5.74, 6) is -1.74. The topological polar surface area (TPSA) is 133 Å². The number of aliphatic carboxylic acids is 1. The van der Waals surface area contributed by atoms with Gasteiger partial charge < -0.3 is 20.9 Å². The lowest BCUT2D eigenvalue weighted by atomic mass is 9.94. The number of benzene rings is 3. The van der Waals surface area contributed by atoms with E-state index in [0.717, 1.165) is 12.1 Å². The minimum absolute atomic E-state index is 0.130. The molecule has 0 aliphatic carbocycles. The first-order valence-electron chi connectivity index (χ1n) is 10.4. The van der Waals surface area contributed by atoms with Gasteiger partial charge in [-0.1, -0.05) is 29.3 Å². The molecule has 4 rings (SSSR count). The molecular weight excluding hydrogens is 556 g/mol. The number of fused-ring (bicyclic) bond motifs is 1. The number of nitrogens with one attached hydrogen (secondary N) is 1. The van der Waals surface area contributed by atoms with Gasteiger partial charge in [-0.15, -0.1) is 0 Å². The lowest BCUT2D eigenvalue weighted by molar-refractivity contribution is -0.139. The summed E-state index contributed by atoms with van der Waals surface area (Å²) in [5, 5.41) is 19.4. The zero-order valence-electron chi connectivity index (χ0n) is 18.5. The van der Waals surface area contributed by atoms with Crippen LogP contribution in [0.2, 0.25) is 10.0 Å². The number of sulfone groups is 1. The Labute approximate surface area is 218 Å². The van der Waals surface area contributed by atoms with Gasteiger partial charge in [-0.2, -0.15) is 13.2 Å². The van der Waals surface area contributed by atoms with Crippen molar-refractivity contribution in [2.24, 2.45) is 5.73 Å². The van der Waals surface area contributed by atoms with Crippen molar-refractivity contribution in [3.8, 4) is 16.9 Å². The summed E-state index contributed by atoms with van der Waals surface area (Å²) in [6.45, 7) is 0. The molecule has 0 saturated heterocycles. The number of carboxylic acid groups (broad SMARTS) is 1. The number of aromatic amines is 1. The maximum Gasteiger partial charge on any atom is 0.416 e. The Bertz CT molecular complexity index is 1640. The van der Waals surface area contributed by atoms with Crippen molar-refractivity contribution in [3.05, 3.63) is 75.9 Å². The third-order valence-electron chi connectivity index (χ3n) is 5.75. The quantitative estimate of drug-likeness (QED) is 0.236. The Kier molecular flexibility index (Phi) is 6.93. The second kappa shape index (κ2) is 9.56. The van der Waals surface area contributed by atoms with Crippen LogP contribution in [0.4, 0.5) is 13.2 Å². The number of hydrogen-bond donors (Lipinski definition) is 4. The van der Waals surface area contributed by atoms with E-state index in [2.05, 4.69) is 4.98 Å². The Morgan fingerprint density at radius 2 is 1.73 bits per heavy atom. The summed E-state index contributed by atoms with van der Waals surface area (Å²) in [4.78, 5) is 13.6. The normalized spacial score (nSPS) is 13.1. The largest absolute Gasteiger partial charge is 0.505 e. The van der Waals surface area contributed by atoms with Crippen LogP contribution < -0.4 is 5.73 Å². The van der Waals surface area contributed by atoms with Gasteiger partial charge in [-0.05, 0) is 60.0 Å². The number of hydrogen-bond acceptors (Lipinski definition) is 5. The van der Waals surface area contributed by atoms with Crippen LogP contribution >= 0.6 is 23.2 Å². The van der Waals surface area contributed by atoms with Crippen LogP contribution in [-0.4, -0.2) is 35.6 Å². The first-order chi connectivity index (χ1) is 17.2. The number of nitrogens with two attached hydrogens (primary N) is 1. The van der Waals surface area contributed by atoms with E-state index in [-0.39, 0.29) is 37.2 Å². The number of H-pyrrole nitrogens is 1. The number of carbonyl (C=O) groups is 1. The smallest absolute Gasteiger partial charge is 0.416 e. The molecule has 0 bridgehead atoms. The van der Waals surface area contributed by atoms with Crippen LogP contribution in [-0.2, 0) is 27.2 Å². The molecule has 0 saturated carbocycles. The number of aromatic nitrogens is 1. The second-order valence-corrected chi connectivity index (χ2v) is 10.8. The molecule has 1 atom stereocenters. The van der Waals surface area contributed by atoms with Gasteiger partial charge in [-0.25, -0.2) is 8.42 Å². The Hall–Kier alpha value is -3.25. The molecular formula is C24H17Cl2F3N2O5S. The fraction of sp³-hybridized carbons (Fsp3) is 0.125. The van der Waals surface area contributed by atoms with Gasteiger partial charge in [-0.3, -0.25) is 4.79 Å². The second-order valence-electron chi connectivity index (χ2n) is 8.14. The maximum atomic E-state index is 13.3. The lowest BCUT2D eigenvalue weighted by Gasteiger charge is -2.16. The number of carboxylic acids is 1. The summed E-state index contributed by atoms with van der Waals surface area (Å²) in [5.41, 5.74) is 5.91. The molecule has 194 valence electrons. The standard InChI is InChI=1S/C24H17Cl2F3N2O5S/c25-16-8-12(9-17(30)23(33)34)20(21(26)22(16)32)11-1-6-18-15(7-11)19(10-31-18)37(35,36)14-4-2-13(3-5-14)24(27,28)29/h1-8,10,17,31-32H,9,30H2,(H,33,34)/t17-/m0/s1. The van der Waals surface area contributed by atoms with Crippen LogP contribution in [0.1, 0.15) is 11.1 Å². The maximum absolute atomic E-state index is 13.3. The Morgan fingerprint density at radius 3 is 2.32 bits per heavy atom. The van der Waals surface area contributed by atoms with Crippen molar-refractivity contribution in [1.82, 2.24) is 4.98 Å². The average molecular weight is 573 g/mol. The summed E-state index contributed by atoms with van der Waals surface area (Å²) in [6, 6.07) is 7.68. The van der Waals surface area contributed by atoms with Crippen LogP contribution in [0.25, 0.3) is 22.0 Å². The molecule has 13 heteroatoms. The molecule has 4 aromatic rings. The minimum Gasteiger partial charge on any atom is -0.505 e. The van der Waals surface area contributed by atoms with E-state index >= 15 is 0 Å². The number of rotatable bonds is 6. The van der Waals surface area contributed by atoms with Gasteiger partial charge >= 0.3 is 12.1 Å². The summed E-state index contributed by atoms with van der Waals surface area (Å²) in [7, 11) is -4.25. The van der Waals surface area contributed by atoms with E-state index in [1.54, 1.807) is 12.1 Å². The molecule has 1 heterocycles. The SMILES string of the molecule is N[C@@H](Cc1cc(Cl)c(O)c(Cl)c1-c1ccc2[nH]cc(S(=O)(=O)c3ccc(C(F)(F)F)cc3)c2c1)C(=O)O. The first-order valence-corrected chi connectivity index (χ1v) is 12.7. The predicted octanol–water partition coefficient (Wildman–Crippen LogP) is 5.65. The van der Waals surface area contributed by atoms with E-state index < -0.39 is 39.3 Å².